The lowest BCUT2D eigenvalue weighted by Gasteiger charge is -2.31. The maximum absolute atomic E-state index is 12.7. The molecule has 25 heavy (non-hydrogen) atoms. The third-order valence-corrected chi connectivity index (χ3v) is 5.25. The van der Waals surface area contributed by atoms with E-state index in [-0.39, 0.29) is 11.7 Å². The van der Waals surface area contributed by atoms with Gasteiger partial charge in [0.15, 0.2) is 0 Å². The van der Waals surface area contributed by atoms with Crippen LogP contribution in [0.15, 0.2) is 36.7 Å². The van der Waals surface area contributed by atoms with Crippen molar-refractivity contribution in [1.82, 2.24) is 14.9 Å². The third kappa shape index (κ3) is 2.60. The Hall–Kier alpha value is -2.37. The van der Waals surface area contributed by atoms with Gasteiger partial charge in [0, 0.05) is 24.2 Å². The van der Waals surface area contributed by atoms with E-state index in [4.69, 9.17) is 28.9 Å². The molecule has 1 saturated heterocycles. The Morgan fingerprint density at radius 1 is 1.08 bits per heavy atom. The molecule has 1 fully saturated rings. The zero-order valence-electron chi connectivity index (χ0n) is 13.2. The minimum Gasteiger partial charge on any atom is -0.383 e. The first kappa shape index (κ1) is 16.1. The van der Waals surface area contributed by atoms with Crippen molar-refractivity contribution >= 4 is 45.8 Å². The molecule has 126 valence electrons. The van der Waals surface area contributed by atoms with Crippen LogP contribution in [0, 0.1) is 0 Å². The van der Waals surface area contributed by atoms with Crippen LogP contribution in [0.4, 0.5) is 5.82 Å². The van der Waals surface area contributed by atoms with Gasteiger partial charge in [-0.15, -0.1) is 0 Å². The average molecular weight is 373 g/mol. The predicted molar refractivity (Wildman–Crippen MR) is 99.9 cm³/mol. The number of likely N-dealkylation sites (tertiary alicyclic amines) is 1. The number of nitrogens with two attached hydrogens (primary N) is 1. The Morgan fingerprint density at radius 2 is 1.88 bits per heavy atom. The van der Waals surface area contributed by atoms with Crippen LogP contribution >= 0.6 is 23.2 Å². The molecule has 0 saturated carbocycles. The van der Waals surface area contributed by atoms with Gasteiger partial charge in [-0.25, -0.2) is 9.97 Å². The summed E-state index contributed by atoms with van der Waals surface area (Å²) >= 11 is 12.5. The Balaban J connectivity index is 1.98. The summed E-state index contributed by atoms with van der Waals surface area (Å²) in [4.78, 5) is 23.0. The fourth-order valence-corrected chi connectivity index (χ4v) is 3.40. The Morgan fingerprint density at radius 3 is 2.60 bits per heavy atom. The smallest absolute Gasteiger partial charge is 0.254 e. The molecule has 0 bridgehead atoms. The lowest BCUT2D eigenvalue weighted by atomic mass is 9.97. The van der Waals surface area contributed by atoms with E-state index in [0.717, 1.165) is 30.6 Å². The van der Waals surface area contributed by atoms with Crippen LogP contribution in [0.2, 0.25) is 10.0 Å². The Kier molecular flexibility index (Phi) is 3.98. The van der Waals surface area contributed by atoms with E-state index < -0.39 is 0 Å². The first-order valence-corrected chi connectivity index (χ1v) is 8.60. The second kappa shape index (κ2) is 6.17. The summed E-state index contributed by atoms with van der Waals surface area (Å²) in [6.45, 7) is 1.52. The Labute approximate surface area is 154 Å². The van der Waals surface area contributed by atoms with Crippen molar-refractivity contribution in [2.75, 3.05) is 18.8 Å². The van der Waals surface area contributed by atoms with E-state index in [0.29, 0.717) is 26.5 Å². The molecule has 1 aromatic heterocycles. The van der Waals surface area contributed by atoms with Gasteiger partial charge in [-0.05, 0) is 18.6 Å². The van der Waals surface area contributed by atoms with E-state index in [1.807, 2.05) is 18.2 Å². The topological polar surface area (TPSA) is 72.1 Å². The van der Waals surface area contributed by atoms with Crippen molar-refractivity contribution in [1.29, 1.82) is 0 Å². The van der Waals surface area contributed by atoms with E-state index in [1.54, 1.807) is 17.0 Å². The zero-order valence-corrected chi connectivity index (χ0v) is 14.7. The van der Waals surface area contributed by atoms with Gasteiger partial charge in [0.05, 0.1) is 26.5 Å². The minimum atomic E-state index is -0.0542. The molecule has 0 spiro atoms. The number of amides is 1. The molecule has 1 amide bonds. The number of carbonyl (C=O) groups excluding carboxylic acids is 1. The van der Waals surface area contributed by atoms with Gasteiger partial charge in [-0.1, -0.05) is 41.4 Å². The van der Waals surface area contributed by atoms with Crippen LogP contribution in [-0.4, -0.2) is 33.9 Å². The average Bonchev–Trinajstić information content (AvgIpc) is 2.55. The van der Waals surface area contributed by atoms with Gasteiger partial charge in [0.25, 0.3) is 5.91 Å². The molecule has 2 N–H and O–H groups in total. The van der Waals surface area contributed by atoms with Crippen LogP contribution in [0.3, 0.4) is 0 Å². The van der Waals surface area contributed by atoms with Crippen LogP contribution in [0.25, 0.3) is 22.0 Å². The molecule has 4 rings (SSSR count). The Bertz CT molecular complexity index is 1000. The molecule has 0 unspecified atom stereocenters. The lowest BCUT2D eigenvalue weighted by molar-refractivity contribution is 0.0654. The van der Waals surface area contributed by atoms with Gasteiger partial charge in [-0.3, -0.25) is 4.79 Å². The summed E-state index contributed by atoms with van der Waals surface area (Å²) < 4.78 is 0. The van der Waals surface area contributed by atoms with Crippen LogP contribution in [0.5, 0.6) is 0 Å². The highest BCUT2D eigenvalue weighted by atomic mass is 35.5. The standard InChI is InChI=1S/C18H14Cl2N4O/c19-13-4-1-3-10(15(13)20)11-5-6-12(18(25)24-7-2-8-24)14-16(11)22-9-23-17(14)21/h1,3-6,9H,2,7-8H2,(H2,21,22,23). The SMILES string of the molecule is Nc1ncnc2c(-c3cccc(Cl)c3Cl)ccc(C(=O)N3CCC3)c12. The maximum Gasteiger partial charge on any atom is 0.254 e. The second-order valence-corrected chi connectivity index (χ2v) is 6.68. The highest BCUT2D eigenvalue weighted by molar-refractivity contribution is 6.44. The van der Waals surface area contributed by atoms with E-state index in [1.165, 1.54) is 6.33 Å². The molecule has 3 aromatic rings. The number of fused-ring (bicyclic) bond motifs is 1. The van der Waals surface area contributed by atoms with Crippen molar-refractivity contribution in [2.45, 2.75) is 6.42 Å². The molecule has 1 aliphatic heterocycles. The first-order chi connectivity index (χ1) is 12.1. The summed E-state index contributed by atoms with van der Waals surface area (Å²) in [6, 6.07) is 8.99. The van der Waals surface area contributed by atoms with Crippen molar-refractivity contribution < 1.29 is 4.79 Å². The molecular weight excluding hydrogens is 359 g/mol. The van der Waals surface area contributed by atoms with Gasteiger partial charge in [-0.2, -0.15) is 0 Å². The van der Waals surface area contributed by atoms with E-state index in [9.17, 15) is 4.79 Å². The number of halogens is 2. The second-order valence-electron chi connectivity index (χ2n) is 5.89. The monoisotopic (exact) mass is 372 g/mol. The van der Waals surface area contributed by atoms with E-state index in [2.05, 4.69) is 9.97 Å². The summed E-state index contributed by atoms with van der Waals surface area (Å²) in [7, 11) is 0. The van der Waals surface area contributed by atoms with Crippen molar-refractivity contribution in [3.63, 3.8) is 0 Å². The number of aromatic nitrogens is 2. The molecule has 1 aliphatic rings. The fourth-order valence-electron chi connectivity index (χ4n) is 2.99. The molecule has 2 heterocycles. The molecule has 0 atom stereocenters. The predicted octanol–water partition coefficient (Wildman–Crippen LogP) is 4.03. The summed E-state index contributed by atoms with van der Waals surface area (Å²) in [5, 5.41) is 1.44. The number of nitrogens with zero attached hydrogens (tertiary/aromatic N) is 3. The third-order valence-electron chi connectivity index (χ3n) is 4.43. The number of benzene rings is 2. The zero-order chi connectivity index (χ0) is 17.6. The van der Waals surface area contributed by atoms with Gasteiger partial charge in [0.1, 0.15) is 12.1 Å². The first-order valence-electron chi connectivity index (χ1n) is 7.85. The molecule has 2 aromatic carbocycles. The van der Waals surface area contributed by atoms with Crippen molar-refractivity contribution in [3.05, 3.63) is 52.3 Å². The molecular formula is C18H14Cl2N4O. The fraction of sp³-hybridized carbons (Fsp3) is 0.167. The molecule has 5 nitrogen and oxygen atoms in total. The van der Waals surface area contributed by atoms with Gasteiger partial charge in [0.2, 0.25) is 0 Å². The summed E-state index contributed by atoms with van der Waals surface area (Å²) in [5.41, 5.74) is 8.68. The normalized spacial score (nSPS) is 13.8. The number of anilines is 1. The lowest BCUT2D eigenvalue weighted by Crippen LogP contribution is -2.42. The minimum absolute atomic E-state index is 0.0542. The largest absolute Gasteiger partial charge is 0.383 e. The van der Waals surface area contributed by atoms with Crippen LogP contribution in [-0.2, 0) is 0 Å². The summed E-state index contributed by atoms with van der Waals surface area (Å²) in [5.74, 6) is 0.218. The molecule has 7 heteroatoms. The number of hydrogen-bond donors (Lipinski definition) is 1. The number of rotatable bonds is 2. The molecule has 0 radical (unpaired) electrons. The quantitative estimate of drug-likeness (QED) is 0.736. The van der Waals surface area contributed by atoms with Crippen molar-refractivity contribution in [2.24, 2.45) is 0 Å². The van der Waals surface area contributed by atoms with Crippen LogP contribution < -0.4 is 5.73 Å². The van der Waals surface area contributed by atoms with Gasteiger partial charge < -0.3 is 10.6 Å². The summed E-state index contributed by atoms with van der Waals surface area (Å²) in [6.07, 6.45) is 2.41. The highest BCUT2D eigenvalue weighted by Gasteiger charge is 2.25. The number of hydrogen-bond acceptors (Lipinski definition) is 4. The van der Waals surface area contributed by atoms with Gasteiger partial charge >= 0.3 is 0 Å². The number of nitrogen functional groups attached to an aromatic ring is 1. The molecule has 0 aliphatic carbocycles. The number of carbonyl (C=O) groups is 1. The maximum atomic E-state index is 12.7. The van der Waals surface area contributed by atoms with Crippen LogP contribution in [0.1, 0.15) is 16.8 Å². The van der Waals surface area contributed by atoms with Crippen molar-refractivity contribution in [3.8, 4) is 11.1 Å². The highest BCUT2D eigenvalue weighted by Crippen LogP contribution is 2.38. The van der Waals surface area contributed by atoms with E-state index >= 15 is 0 Å².